The molecule has 3 aromatic rings. The van der Waals surface area contributed by atoms with Gasteiger partial charge in [0.25, 0.3) is 5.91 Å². The van der Waals surface area contributed by atoms with Crippen LogP contribution >= 0.6 is 0 Å². The number of nitrogens with one attached hydrogen (secondary N) is 1. The Hall–Kier alpha value is -2.86. The molecule has 0 saturated carbocycles. The molecule has 0 aliphatic carbocycles. The van der Waals surface area contributed by atoms with Crippen LogP contribution in [0.15, 0.2) is 48.8 Å². The van der Waals surface area contributed by atoms with Crippen molar-refractivity contribution in [3.63, 3.8) is 0 Å². The Morgan fingerprint density at radius 1 is 1.28 bits per heavy atom. The summed E-state index contributed by atoms with van der Waals surface area (Å²) in [5, 5.41) is 11.8. The number of aromatic nitrogens is 2. The molecule has 1 unspecified atom stereocenters. The molecule has 2 N–H and O–H groups in total. The van der Waals surface area contributed by atoms with Crippen molar-refractivity contribution in [1.29, 1.82) is 0 Å². The lowest BCUT2D eigenvalue weighted by Crippen LogP contribution is -2.35. The van der Waals surface area contributed by atoms with Gasteiger partial charge >= 0.3 is 0 Å². The van der Waals surface area contributed by atoms with Gasteiger partial charge in [-0.25, -0.2) is 4.98 Å². The van der Waals surface area contributed by atoms with Gasteiger partial charge in [-0.15, -0.1) is 0 Å². The maximum absolute atomic E-state index is 12.3. The number of carbonyl (C=O) groups is 1. The highest BCUT2D eigenvalue weighted by Gasteiger charge is 2.14. The minimum absolute atomic E-state index is 0.116. The van der Waals surface area contributed by atoms with Crippen molar-refractivity contribution in [3.05, 3.63) is 65.6 Å². The molecule has 1 atom stereocenters. The number of ether oxygens (including phenoxy) is 1. The van der Waals surface area contributed by atoms with Gasteiger partial charge in [-0.2, -0.15) is 0 Å². The zero-order valence-corrected chi connectivity index (χ0v) is 14.3. The Labute approximate surface area is 146 Å². The minimum atomic E-state index is -0.317. The molecule has 6 heteroatoms. The molecule has 130 valence electrons. The maximum Gasteiger partial charge on any atom is 0.255 e. The van der Waals surface area contributed by atoms with E-state index in [0.717, 1.165) is 16.9 Å². The molecule has 0 radical (unpaired) electrons. The summed E-state index contributed by atoms with van der Waals surface area (Å²) in [5.41, 5.74) is 3.22. The van der Waals surface area contributed by atoms with E-state index in [1.165, 1.54) is 0 Å². The van der Waals surface area contributed by atoms with Gasteiger partial charge in [0, 0.05) is 18.4 Å². The van der Waals surface area contributed by atoms with E-state index in [0.29, 0.717) is 11.3 Å². The number of aliphatic hydroxyl groups excluding tert-OH is 1. The molecule has 25 heavy (non-hydrogen) atoms. The van der Waals surface area contributed by atoms with E-state index in [2.05, 4.69) is 10.3 Å². The third-order valence-electron chi connectivity index (χ3n) is 3.81. The van der Waals surface area contributed by atoms with Crippen molar-refractivity contribution < 1.29 is 14.6 Å². The van der Waals surface area contributed by atoms with Crippen LogP contribution in [-0.4, -0.2) is 33.0 Å². The number of carbonyl (C=O) groups excluding carboxylic acids is 1. The highest BCUT2D eigenvalue weighted by molar-refractivity contribution is 5.97. The predicted molar refractivity (Wildman–Crippen MR) is 94.7 cm³/mol. The van der Waals surface area contributed by atoms with Crippen LogP contribution < -0.4 is 10.1 Å². The standard InChI is InChI=1S/C19H21N3O3/c1-13-7-8-18-21-15(10-22(18)9-13)12-25-17-6-4-3-5-16(17)19(24)20-14(2)11-23/h3-10,14,23H,11-12H2,1-2H3,(H,20,24). The number of benzene rings is 1. The number of aryl methyl sites for hydroxylation is 1. The van der Waals surface area contributed by atoms with Gasteiger partial charge in [0.2, 0.25) is 0 Å². The smallest absolute Gasteiger partial charge is 0.255 e. The van der Waals surface area contributed by atoms with Crippen molar-refractivity contribution >= 4 is 11.6 Å². The number of aliphatic hydroxyl groups is 1. The van der Waals surface area contributed by atoms with Crippen LogP contribution in [0.4, 0.5) is 0 Å². The summed E-state index contributed by atoms with van der Waals surface area (Å²) >= 11 is 0. The lowest BCUT2D eigenvalue weighted by molar-refractivity contribution is 0.0917. The molecular formula is C19H21N3O3. The normalized spacial score (nSPS) is 12.1. The number of pyridine rings is 1. The van der Waals surface area contributed by atoms with Crippen molar-refractivity contribution in [2.24, 2.45) is 0 Å². The summed E-state index contributed by atoms with van der Waals surface area (Å²) in [4.78, 5) is 16.8. The van der Waals surface area contributed by atoms with Crippen LogP contribution in [0.25, 0.3) is 5.65 Å². The molecular weight excluding hydrogens is 318 g/mol. The SMILES string of the molecule is Cc1ccc2nc(COc3ccccc3C(=O)NC(C)CO)cn2c1. The van der Waals surface area contributed by atoms with Crippen molar-refractivity contribution in [2.45, 2.75) is 26.5 Å². The fourth-order valence-corrected chi connectivity index (χ4v) is 2.50. The van der Waals surface area contributed by atoms with Crippen LogP contribution in [0.5, 0.6) is 5.75 Å². The molecule has 1 amide bonds. The summed E-state index contributed by atoms with van der Waals surface area (Å²) in [6.45, 7) is 3.91. The Morgan fingerprint density at radius 2 is 2.08 bits per heavy atom. The number of imidazole rings is 1. The third-order valence-corrected chi connectivity index (χ3v) is 3.81. The zero-order valence-electron chi connectivity index (χ0n) is 14.3. The second kappa shape index (κ2) is 7.36. The van der Waals surface area contributed by atoms with Gasteiger partial charge in [0.05, 0.1) is 17.9 Å². The first-order valence-corrected chi connectivity index (χ1v) is 8.14. The fourth-order valence-electron chi connectivity index (χ4n) is 2.50. The molecule has 0 spiro atoms. The first-order valence-electron chi connectivity index (χ1n) is 8.14. The number of nitrogens with zero attached hydrogens (tertiary/aromatic N) is 2. The largest absolute Gasteiger partial charge is 0.486 e. The van der Waals surface area contributed by atoms with Gasteiger partial charge in [-0.05, 0) is 37.6 Å². The van der Waals surface area contributed by atoms with Crippen LogP contribution in [0, 0.1) is 6.92 Å². The lowest BCUT2D eigenvalue weighted by Gasteiger charge is -2.13. The van der Waals surface area contributed by atoms with Crippen molar-refractivity contribution in [1.82, 2.24) is 14.7 Å². The van der Waals surface area contributed by atoms with Gasteiger partial charge < -0.3 is 19.6 Å². The van der Waals surface area contributed by atoms with E-state index in [1.807, 2.05) is 41.9 Å². The van der Waals surface area contributed by atoms with Gasteiger partial charge in [0.15, 0.2) is 0 Å². The zero-order chi connectivity index (χ0) is 17.8. The molecule has 0 fully saturated rings. The first kappa shape index (κ1) is 17.0. The van der Waals surface area contributed by atoms with E-state index in [4.69, 9.17) is 9.84 Å². The summed E-state index contributed by atoms with van der Waals surface area (Å²) < 4.78 is 7.77. The summed E-state index contributed by atoms with van der Waals surface area (Å²) in [6, 6.07) is 10.7. The van der Waals surface area contributed by atoms with Crippen molar-refractivity contribution in [2.75, 3.05) is 6.61 Å². The third kappa shape index (κ3) is 3.97. The highest BCUT2D eigenvalue weighted by Crippen LogP contribution is 2.19. The van der Waals surface area contributed by atoms with Crippen LogP contribution in [-0.2, 0) is 6.61 Å². The maximum atomic E-state index is 12.3. The summed E-state index contributed by atoms with van der Waals surface area (Å²) in [6.07, 6.45) is 3.92. The molecule has 6 nitrogen and oxygen atoms in total. The Balaban J connectivity index is 1.75. The number of amides is 1. The van der Waals surface area contributed by atoms with E-state index >= 15 is 0 Å². The van der Waals surface area contributed by atoms with Gasteiger partial charge in [0.1, 0.15) is 18.0 Å². The molecule has 0 saturated heterocycles. The highest BCUT2D eigenvalue weighted by atomic mass is 16.5. The molecule has 0 aliphatic rings. The van der Waals surface area contributed by atoms with Crippen LogP contribution in [0.3, 0.4) is 0 Å². The Bertz CT molecular complexity index is 889. The molecule has 0 bridgehead atoms. The van der Waals surface area contributed by atoms with E-state index in [1.54, 1.807) is 25.1 Å². The second-order valence-electron chi connectivity index (χ2n) is 6.05. The van der Waals surface area contributed by atoms with E-state index in [-0.39, 0.29) is 25.2 Å². The molecule has 2 aromatic heterocycles. The minimum Gasteiger partial charge on any atom is -0.486 e. The molecule has 0 aliphatic heterocycles. The number of hydrogen-bond donors (Lipinski definition) is 2. The quantitative estimate of drug-likeness (QED) is 0.723. The second-order valence-corrected chi connectivity index (χ2v) is 6.05. The fraction of sp³-hybridized carbons (Fsp3) is 0.263. The Kier molecular flexibility index (Phi) is 5.00. The number of para-hydroxylation sites is 1. The number of fused-ring (bicyclic) bond motifs is 1. The van der Waals surface area contributed by atoms with Crippen LogP contribution in [0.1, 0.15) is 28.5 Å². The van der Waals surface area contributed by atoms with E-state index < -0.39 is 0 Å². The van der Waals surface area contributed by atoms with E-state index in [9.17, 15) is 4.79 Å². The predicted octanol–water partition coefficient (Wildman–Crippen LogP) is 2.33. The van der Waals surface area contributed by atoms with Gasteiger partial charge in [-0.1, -0.05) is 18.2 Å². The topological polar surface area (TPSA) is 75.9 Å². The number of rotatable bonds is 6. The first-order chi connectivity index (χ1) is 12.1. The number of hydrogen-bond acceptors (Lipinski definition) is 4. The average Bonchev–Trinajstić information content (AvgIpc) is 3.02. The summed E-state index contributed by atoms with van der Waals surface area (Å²) in [5.74, 6) is 0.209. The van der Waals surface area contributed by atoms with Gasteiger partial charge in [-0.3, -0.25) is 4.79 Å². The summed E-state index contributed by atoms with van der Waals surface area (Å²) in [7, 11) is 0. The monoisotopic (exact) mass is 339 g/mol. The van der Waals surface area contributed by atoms with Crippen molar-refractivity contribution in [3.8, 4) is 5.75 Å². The lowest BCUT2D eigenvalue weighted by atomic mass is 10.1. The molecule has 3 rings (SSSR count). The van der Waals surface area contributed by atoms with Crippen LogP contribution in [0.2, 0.25) is 0 Å². The molecule has 2 heterocycles. The average molecular weight is 339 g/mol. The molecule has 1 aromatic carbocycles. The Morgan fingerprint density at radius 3 is 2.88 bits per heavy atom.